The van der Waals surface area contributed by atoms with E-state index in [2.05, 4.69) is 4.98 Å². The molecule has 1 aliphatic rings. The molecule has 1 amide bonds. The van der Waals surface area contributed by atoms with Gasteiger partial charge in [0.1, 0.15) is 10.7 Å². The normalized spacial score (nSPS) is 16.5. The summed E-state index contributed by atoms with van der Waals surface area (Å²) in [7, 11) is -3.85. The predicted octanol–water partition coefficient (Wildman–Crippen LogP) is -0.471. The standard InChI is InChI=1S/C10H14N4O4S/c11-19(17,18)8-2-1-3-12-9(8)13-4-6-14(7-5-13)10(15)16/h1-3H,4-7H2,(H,15,16)(H2,11,17,18). The highest BCUT2D eigenvalue weighted by Gasteiger charge is 2.25. The number of piperazine rings is 1. The Hall–Kier alpha value is -1.87. The average Bonchev–Trinajstić information content (AvgIpc) is 2.38. The average molecular weight is 286 g/mol. The monoisotopic (exact) mass is 286 g/mol. The Morgan fingerprint density at radius 3 is 2.47 bits per heavy atom. The number of amides is 1. The molecule has 8 nitrogen and oxygen atoms in total. The topological polar surface area (TPSA) is 117 Å². The third-order valence-corrected chi connectivity index (χ3v) is 3.84. The number of carbonyl (C=O) groups is 1. The summed E-state index contributed by atoms with van der Waals surface area (Å²) in [5.74, 6) is 0.273. The Balaban J connectivity index is 2.23. The fraction of sp³-hybridized carbons (Fsp3) is 0.400. The van der Waals surface area contributed by atoms with E-state index in [4.69, 9.17) is 10.2 Å². The van der Waals surface area contributed by atoms with Crippen LogP contribution in [-0.4, -0.2) is 55.7 Å². The molecule has 0 unspecified atom stereocenters. The molecule has 0 aliphatic carbocycles. The van der Waals surface area contributed by atoms with E-state index < -0.39 is 16.1 Å². The van der Waals surface area contributed by atoms with Crippen molar-refractivity contribution in [3.05, 3.63) is 18.3 Å². The first-order chi connectivity index (χ1) is 8.89. The van der Waals surface area contributed by atoms with Crippen LogP contribution in [0.3, 0.4) is 0 Å². The molecule has 0 atom stereocenters. The SMILES string of the molecule is NS(=O)(=O)c1cccnc1N1CCN(C(=O)O)CC1. The lowest BCUT2D eigenvalue weighted by Crippen LogP contribution is -2.49. The second-order valence-corrected chi connectivity index (χ2v) is 5.66. The lowest BCUT2D eigenvalue weighted by Gasteiger charge is -2.34. The zero-order chi connectivity index (χ0) is 14.0. The number of primary sulfonamides is 1. The van der Waals surface area contributed by atoms with Crippen LogP contribution < -0.4 is 10.0 Å². The van der Waals surface area contributed by atoms with Crippen molar-refractivity contribution < 1.29 is 18.3 Å². The summed E-state index contributed by atoms with van der Waals surface area (Å²) in [6.07, 6.45) is 0.500. The van der Waals surface area contributed by atoms with Gasteiger partial charge in [0.15, 0.2) is 0 Å². The highest BCUT2D eigenvalue weighted by atomic mass is 32.2. The minimum absolute atomic E-state index is 0.0428. The number of pyridine rings is 1. The van der Waals surface area contributed by atoms with Crippen LogP contribution in [0, 0.1) is 0 Å². The first-order valence-corrected chi connectivity index (χ1v) is 7.15. The van der Waals surface area contributed by atoms with Gasteiger partial charge >= 0.3 is 6.09 Å². The fourth-order valence-corrected chi connectivity index (χ4v) is 2.66. The Kier molecular flexibility index (Phi) is 3.58. The molecule has 104 valence electrons. The number of carboxylic acid groups (broad SMARTS) is 1. The highest BCUT2D eigenvalue weighted by molar-refractivity contribution is 7.89. The Labute approximate surface area is 110 Å². The molecule has 3 N–H and O–H groups in total. The minimum atomic E-state index is -3.85. The summed E-state index contributed by atoms with van der Waals surface area (Å²) in [6, 6.07) is 2.89. The van der Waals surface area contributed by atoms with Crippen molar-refractivity contribution in [1.82, 2.24) is 9.88 Å². The number of nitrogens with zero attached hydrogens (tertiary/aromatic N) is 3. The number of aromatic nitrogens is 1. The van der Waals surface area contributed by atoms with Crippen LogP contribution >= 0.6 is 0 Å². The first kappa shape index (κ1) is 13.6. The molecule has 0 saturated carbocycles. The van der Waals surface area contributed by atoms with Crippen molar-refractivity contribution in [3.8, 4) is 0 Å². The van der Waals surface area contributed by atoms with E-state index in [-0.39, 0.29) is 10.7 Å². The second kappa shape index (κ2) is 5.02. The summed E-state index contributed by atoms with van der Waals surface area (Å²) in [4.78, 5) is 17.8. The summed E-state index contributed by atoms with van der Waals surface area (Å²) < 4.78 is 23.0. The van der Waals surface area contributed by atoms with Crippen LogP contribution in [-0.2, 0) is 10.0 Å². The first-order valence-electron chi connectivity index (χ1n) is 5.60. The van der Waals surface area contributed by atoms with Crippen LogP contribution in [0.1, 0.15) is 0 Å². The summed E-state index contributed by atoms with van der Waals surface area (Å²) in [5, 5.41) is 14.0. The van der Waals surface area contributed by atoms with Gasteiger partial charge in [0.2, 0.25) is 10.0 Å². The molecule has 9 heteroatoms. The van der Waals surface area contributed by atoms with Crippen LogP contribution in [0.25, 0.3) is 0 Å². The van der Waals surface area contributed by atoms with Crippen molar-refractivity contribution in [2.24, 2.45) is 5.14 Å². The van der Waals surface area contributed by atoms with Crippen LogP contribution in [0.4, 0.5) is 10.6 Å². The zero-order valence-electron chi connectivity index (χ0n) is 10.1. The van der Waals surface area contributed by atoms with E-state index in [0.29, 0.717) is 26.2 Å². The largest absolute Gasteiger partial charge is 0.465 e. The van der Waals surface area contributed by atoms with E-state index in [1.54, 1.807) is 4.90 Å². The molecular weight excluding hydrogens is 272 g/mol. The van der Waals surface area contributed by atoms with Gasteiger partial charge in [-0.15, -0.1) is 0 Å². The predicted molar refractivity (Wildman–Crippen MR) is 67.4 cm³/mol. The number of sulfonamides is 1. The number of nitrogens with two attached hydrogens (primary N) is 1. The molecule has 19 heavy (non-hydrogen) atoms. The smallest absolute Gasteiger partial charge is 0.407 e. The van der Waals surface area contributed by atoms with E-state index >= 15 is 0 Å². The van der Waals surface area contributed by atoms with Crippen molar-refractivity contribution in [3.63, 3.8) is 0 Å². The van der Waals surface area contributed by atoms with Gasteiger partial charge in [-0.2, -0.15) is 0 Å². The van der Waals surface area contributed by atoms with Gasteiger partial charge in [-0.1, -0.05) is 0 Å². The molecule has 0 spiro atoms. The maximum absolute atomic E-state index is 11.5. The lowest BCUT2D eigenvalue weighted by atomic mass is 10.3. The Bertz CT molecular complexity index is 581. The van der Waals surface area contributed by atoms with Crippen molar-refractivity contribution in [1.29, 1.82) is 0 Å². The highest BCUT2D eigenvalue weighted by Crippen LogP contribution is 2.22. The van der Waals surface area contributed by atoms with Crippen LogP contribution in [0.2, 0.25) is 0 Å². The molecule has 1 saturated heterocycles. The van der Waals surface area contributed by atoms with Gasteiger partial charge in [0.05, 0.1) is 0 Å². The van der Waals surface area contributed by atoms with Gasteiger partial charge in [0.25, 0.3) is 0 Å². The third-order valence-electron chi connectivity index (χ3n) is 2.91. The summed E-state index contributed by atoms with van der Waals surface area (Å²) >= 11 is 0. The van der Waals surface area contributed by atoms with Gasteiger partial charge in [-0.3, -0.25) is 0 Å². The number of rotatable bonds is 2. The van der Waals surface area contributed by atoms with Gasteiger partial charge < -0.3 is 14.9 Å². The zero-order valence-corrected chi connectivity index (χ0v) is 10.9. The van der Waals surface area contributed by atoms with Gasteiger partial charge in [-0.25, -0.2) is 23.3 Å². The van der Waals surface area contributed by atoms with E-state index in [9.17, 15) is 13.2 Å². The summed E-state index contributed by atoms with van der Waals surface area (Å²) in [5.41, 5.74) is 0. The van der Waals surface area contributed by atoms with Gasteiger partial charge in [-0.05, 0) is 12.1 Å². The van der Waals surface area contributed by atoms with Crippen molar-refractivity contribution in [2.45, 2.75) is 4.90 Å². The van der Waals surface area contributed by atoms with Crippen LogP contribution in [0.15, 0.2) is 23.2 Å². The Morgan fingerprint density at radius 2 is 1.95 bits per heavy atom. The lowest BCUT2D eigenvalue weighted by molar-refractivity contribution is 0.142. The molecule has 1 aliphatic heterocycles. The van der Waals surface area contributed by atoms with E-state index in [1.807, 2.05) is 0 Å². The molecule has 1 fully saturated rings. The van der Waals surface area contributed by atoms with Crippen LogP contribution in [0.5, 0.6) is 0 Å². The summed E-state index contributed by atoms with van der Waals surface area (Å²) in [6.45, 7) is 1.36. The molecule has 1 aromatic rings. The quantitative estimate of drug-likeness (QED) is 0.759. The van der Waals surface area contributed by atoms with Gasteiger partial charge in [0, 0.05) is 32.4 Å². The van der Waals surface area contributed by atoms with Crippen molar-refractivity contribution in [2.75, 3.05) is 31.1 Å². The molecule has 0 radical (unpaired) electrons. The van der Waals surface area contributed by atoms with E-state index in [0.717, 1.165) is 0 Å². The number of hydrogen-bond donors (Lipinski definition) is 2. The molecule has 2 heterocycles. The number of hydrogen-bond acceptors (Lipinski definition) is 5. The molecule has 0 bridgehead atoms. The minimum Gasteiger partial charge on any atom is -0.465 e. The molecule has 1 aromatic heterocycles. The third kappa shape index (κ3) is 2.93. The molecule has 0 aromatic carbocycles. The maximum atomic E-state index is 11.5. The van der Waals surface area contributed by atoms with Crippen molar-refractivity contribution >= 4 is 21.9 Å². The van der Waals surface area contributed by atoms with E-state index in [1.165, 1.54) is 23.2 Å². The molecule has 2 rings (SSSR count). The fourth-order valence-electron chi connectivity index (χ4n) is 1.95. The maximum Gasteiger partial charge on any atom is 0.407 e. The Morgan fingerprint density at radius 1 is 1.32 bits per heavy atom. The number of anilines is 1. The molecular formula is C10H14N4O4S. The second-order valence-electron chi connectivity index (χ2n) is 4.13.